The minimum absolute atomic E-state index is 0.0105. The zero-order valence-corrected chi connectivity index (χ0v) is 18.9. The summed E-state index contributed by atoms with van der Waals surface area (Å²) in [5.74, 6) is 0.132. The van der Waals surface area contributed by atoms with Crippen LogP contribution in [-0.2, 0) is 19.6 Å². The van der Waals surface area contributed by atoms with Crippen molar-refractivity contribution in [3.05, 3.63) is 29.8 Å². The van der Waals surface area contributed by atoms with Gasteiger partial charge in [0.1, 0.15) is 0 Å². The Labute approximate surface area is 179 Å². The summed E-state index contributed by atoms with van der Waals surface area (Å²) < 4.78 is 27.8. The Hall–Kier alpha value is -1.93. The Kier molecular flexibility index (Phi) is 5.21. The van der Waals surface area contributed by atoms with Crippen LogP contribution in [0.3, 0.4) is 0 Å². The van der Waals surface area contributed by atoms with E-state index in [1.54, 1.807) is 28.3 Å². The van der Waals surface area contributed by atoms with E-state index in [9.17, 15) is 18.0 Å². The maximum atomic E-state index is 13.4. The number of piperidine rings is 1. The first kappa shape index (κ1) is 21.3. The van der Waals surface area contributed by atoms with E-state index in [1.807, 2.05) is 30.9 Å². The summed E-state index contributed by atoms with van der Waals surface area (Å²) in [5.41, 5.74) is 0.0943. The van der Waals surface area contributed by atoms with Crippen LogP contribution >= 0.6 is 0 Å². The van der Waals surface area contributed by atoms with Crippen LogP contribution in [0.4, 0.5) is 0 Å². The number of hydrogen-bond acceptors (Lipinski definition) is 4. The number of hydrogen-bond donors (Lipinski definition) is 0. The number of sulfonamides is 1. The largest absolute Gasteiger partial charge is 0.342 e. The van der Waals surface area contributed by atoms with E-state index in [-0.39, 0.29) is 17.2 Å². The summed E-state index contributed by atoms with van der Waals surface area (Å²) in [6.07, 6.45) is 1.95. The van der Waals surface area contributed by atoms with Gasteiger partial charge in [-0.15, -0.1) is 0 Å². The molecule has 0 aromatic heterocycles. The number of carbonyl (C=O) groups excluding carboxylic acids is 2. The van der Waals surface area contributed by atoms with Gasteiger partial charge in [0.15, 0.2) is 0 Å². The second-order valence-electron chi connectivity index (χ2n) is 9.09. The third-order valence-corrected chi connectivity index (χ3v) is 9.55. The molecule has 7 nitrogen and oxygen atoms in total. The van der Waals surface area contributed by atoms with Crippen molar-refractivity contribution in [2.45, 2.75) is 44.9 Å². The molecular formula is C22H31N3O4S. The van der Waals surface area contributed by atoms with Gasteiger partial charge in [0.05, 0.1) is 10.3 Å². The molecule has 2 amide bonds. The van der Waals surface area contributed by atoms with Gasteiger partial charge in [-0.3, -0.25) is 9.59 Å². The molecule has 3 fully saturated rings. The molecular weight excluding hydrogens is 402 g/mol. The molecule has 1 aromatic rings. The average Bonchev–Trinajstić information content (AvgIpc) is 3.21. The molecule has 3 aliphatic heterocycles. The van der Waals surface area contributed by atoms with E-state index in [2.05, 4.69) is 0 Å². The summed E-state index contributed by atoms with van der Waals surface area (Å²) in [6, 6.07) is 6.93. The number of rotatable bonds is 3. The fourth-order valence-electron chi connectivity index (χ4n) is 5.72. The van der Waals surface area contributed by atoms with Gasteiger partial charge in [-0.25, -0.2) is 8.42 Å². The van der Waals surface area contributed by atoms with Gasteiger partial charge in [0.2, 0.25) is 21.8 Å². The lowest BCUT2D eigenvalue weighted by atomic mass is 9.60. The van der Waals surface area contributed by atoms with E-state index in [0.29, 0.717) is 57.0 Å². The Morgan fingerprint density at radius 1 is 1.03 bits per heavy atom. The summed E-state index contributed by atoms with van der Waals surface area (Å²) in [7, 11) is -3.56. The molecule has 164 valence electrons. The Balaban J connectivity index is 1.60. The lowest BCUT2D eigenvalue weighted by molar-refractivity contribution is -0.141. The number of likely N-dealkylation sites (tertiary alicyclic amines) is 2. The fourth-order valence-corrected chi connectivity index (χ4v) is 7.16. The second kappa shape index (κ2) is 7.34. The van der Waals surface area contributed by atoms with E-state index in [0.717, 1.165) is 12.0 Å². The average molecular weight is 434 g/mol. The number of carbonyl (C=O) groups is 2. The Morgan fingerprint density at radius 2 is 1.67 bits per heavy atom. The normalized spacial score (nSPS) is 26.8. The van der Waals surface area contributed by atoms with Crippen molar-refractivity contribution in [1.29, 1.82) is 0 Å². The van der Waals surface area contributed by atoms with Crippen LogP contribution in [0.2, 0.25) is 0 Å². The maximum Gasteiger partial charge on any atom is 0.243 e. The van der Waals surface area contributed by atoms with Crippen LogP contribution in [0.5, 0.6) is 0 Å². The van der Waals surface area contributed by atoms with Gasteiger partial charge >= 0.3 is 0 Å². The molecule has 0 saturated carbocycles. The van der Waals surface area contributed by atoms with Crippen LogP contribution in [0.1, 0.15) is 38.7 Å². The maximum absolute atomic E-state index is 13.4. The van der Waals surface area contributed by atoms with Crippen LogP contribution in [0, 0.1) is 17.8 Å². The van der Waals surface area contributed by atoms with Crippen molar-refractivity contribution >= 4 is 21.8 Å². The fraction of sp³-hybridized carbons (Fsp3) is 0.636. The van der Waals surface area contributed by atoms with E-state index >= 15 is 0 Å². The van der Waals surface area contributed by atoms with Crippen molar-refractivity contribution in [2.24, 2.45) is 10.8 Å². The highest BCUT2D eigenvalue weighted by molar-refractivity contribution is 7.89. The standard InChI is InChI=1S/C22H31N3O4S/c1-4-23-12-11-22(20(23)27)16-24(18(3)26)15-21(22)9-13-25(14-10-21)30(28,29)19-7-5-17(2)6-8-19/h5-8H,4,9-16H2,1-3H3/t22-/m1/s1. The zero-order chi connectivity index (χ0) is 21.7. The first-order valence-corrected chi connectivity index (χ1v) is 12.2. The number of amides is 2. The molecule has 0 aliphatic carbocycles. The van der Waals surface area contributed by atoms with Crippen LogP contribution in [-0.4, -0.2) is 73.6 Å². The van der Waals surface area contributed by atoms with Crippen molar-refractivity contribution in [3.63, 3.8) is 0 Å². The van der Waals surface area contributed by atoms with E-state index < -0.39 is 15.4 Å². The summed E-state index contributed by atoms with van der Waals surface area (Å²) in [6.45, 7) is 8.62. The molecule has 2 spiro atoms. The number of benzene rings is 1. The summed E-state index contributed by atoms with van der Waals surface area (Å²) in [4.78, 5) is 29.6. The third-order valence-electron chi connectivity index (χ3n) is 7.64. The van der Waals surface area contributed by atoms with Gasteiger partial charge in [-0.05, 0) is 45.2 Å². The Morgan fingerprint density at radius 3 is 2.20 bits per heavy atom. The molecule has 0 N–H and O–H groups in total. The molecule has 3 aliphatic rings. The van der Waals surface area contributed by atoms with Crippen LogP contribution in [0.15, 0.2) is 29.2 Å². The summed E-state index contributed by atoms with van der Waals surface area (Å²) >= 11 is 0. The minimum Gasteiger partial charge on any atom is -0.342 e. The molecule has 1 atom stereocenters. The van der Waals surface area contributed by atoms with Crippen molar-refractivity contribution in [3.8, 4) is 0 Å². The highest BCUT2D eigenvalue weighted by Crippen LogP contribution is 2.58. The molecule has 0 unspecified atom stereocenters. The lowest BCUT2D eigenvalue weighted by Crippen LogP contribution is -2.53. The topological polar surface area (TPSA) is 78.0 Å². The highest BCUT2D eigenvalue weighted by atomic mass is 32.2. The first-order chi connectivity index (χ1) is 14.1. The molecule has 8 heteroatoms. The van der Waals surface area contributed by atoms with Gasteiger partial charge in [0.25, 0.3) is 0 Å². The molecule has 1 aromatic carbocycles. The first-order valence-electron chi connectivity index (χ1n) is 10.8. The van der Waals surface area contributed by atoms with E-state index in [1.165, 1.54) is 0 Å². The van der Waals surface area contributed by atoms with Gasteiger partial charge in [-0.2, -0.15) is 4.31 Å². The number of aryl methyl sites for hydroxylation is 1. The van der Waals surface area contributed by atoms with Crippen LogP contribution < -0.4 is 0 Å². The SMILES string of the molecule is CCN1CC[C@@]2(CN(C(C)=O)CC23CCN(S(=O)(=O)c2ccc(C)cc2)CC3)C1=O. The minimum atomic E-state index is -3.56. The number of nitrogens with zero attached hydrogens (tertiary/aromatic N) is 3. The lowest BCUT2D eigenvalue weighted by Gasteiger charge is -2.46. The third kappa shape index (κ3) is 3.07. The second-order valence-corrected chi connectivity index (χ2v) is 11.0. The molecule has 0 radical (unpaired) electrons. The number of fused-ring (bicyclic) bond motifs is 1. The van der Waals surface area contributed by atoms with Crippen molar-refractivity contribution in [2.75, 3.05) is 39.3 Å². The zero-order valence-electron chi connectivity index (χ0n) is 18.1. The molecule has 4 rings (SSSR count). The molecule has 0 bridgehead atoms. The van der Waals surface area contributed by atoms with Crippen LogP contribution in [0.25, 0.3) is 0 Å². The van der Waals surface area contributed by atoms with Gasteiger partial charge in [0, 0.05) is 51.6 Å². The van der Waals surface area contributed by atoms with E-state index in [4.69, 9.17) is 0 Å². The molecule has 30 heavy (non-hydrogen) atoms. The van der Waals surface area contributed by atoms with Gasteiger partial charge in [-0.1, -0.05) is 17.7 Å². The molecule has 3 saturated heterocycles. The monoisotopic (exact) mass is 433 g/mol. The van der Waals surface area contributed by atoms with Gasteiger partial charge < -0.3 is 9.80 Å². The smallest absolute Gasteiger partial charge is 0.243 e. The predicted octanol–water partition coefficient (Wildman–Crippen LogP) is 1.87. The summed E-state index contributed by atoms with van der Waals surface area (Å²) in [5, 5.41) is 0. The Bertz CT molecular complexity index is 951. The van der Waals surface area contributed by atoms with Crippen molar-refractivity contribution in [1.82, 2.24) is 14.1 Å². The van der Waals surface area contributed by atoms with Crippen molar-refractivity contribution < 1.29 is 18.0 Å². The highest BCUT2D eigenvalue weighted by Gasteiger charge is 2.65. The quantitative estimate of drug-likeness (QED) is 0.729. The predicted molar refractivity (Wildman–Crippen MR) is 113 cm³/mol. The molecule has 3 heterocycles.